The third-order valence-corrected chi connectivity index (χ3v) is 3.14. The zero-order chi connectivity index (χ0) is 14.7. The predicted octanol–water partition coefficient (Wildman–Crippen LogP) is 2.45. The fourth-order valence-corrected chi connectivity index (χ4v) is 2.07. The molecular formula is C15H13N5O. The van der Waals surface area contributed by atoms with Crippen LogP contribution in [0.4, 0.5) is 5.69 Å². The Morgan fingerprint density at radius 3 is 2.86 bits per heavy atom. The maximum absolute atomic E-state index is 9.05. The third-order valence-electron chi connectivity index (χ3n) is 3.14. The molecule has 0 spiro atoms. The third kappa shape index (κ3) is 2.49. The normalized spacial score (nSPS) is 10.3. The number of nitrogens with zero attached hydrogens (tertiary/aromatic N) is 4. The van der Waals surface area contributed by atoms with Crippen molar-refractivity contribution in [2.75, 3.05) is 11.9 Å². The summed E-state index contributed by atoms with van der Waals surface area (Å²) in [4.78, 5) is 12.8. The Kier molecular flexibility index (Phi) is 3.39. The molecule has 0 aliphatic heterocycles. The van der Waals surface area contributed by atoms with Crippen molar-refractivity contribution in [1.82, 2.24) is 15.0 Å². The van der Waals surface area contributed by atoms with Gasteiger partial charge in [-0.3, -0.25) is 4.90 Å². The van der Waals surface area contributed by atoms with E-state index in [1.807, 2.05) is 30.3 Å². The molecule has 0 amide bonds. The van der Waals surface area contributed by atoms with Crippen LogP contribution in [-0.4, -0.2) is 22.0 Å². The number of fused-ring (bicyclic) bond motifs is 1. The first kappa shape index (κ1) is 12.9. The lowest BCUT2D eigenvalue weighted by Gasteiger charge is -2.10. The van der Waals surface area contributed by atoms with Gasteiger partial charge < -0.3 is 9.72 Å². The summed E-state index contributed by atoms with van der Waals surface area (Å²) in [7, 11) is 1.68. The van der Waals surface area contributed by atoms with Crippen molar-refractivity contribution in [2.45, 2.75) is 6.61 Å². The highest BCUT2D eigenvalue weighted by atomic mass is 16.5. The van der Waals surface area contributed by atoms with Crippen molar-refractivity contribution in [1.29, 1.82) is 5.26 Å². The molecule has 0 aliphatic rings. The van der Waals surface area contributed by atoms with E-state index in [1.54, 1.807) is 13.2 Å². The van der Waals surface area contributed by atoms with Crippen LogP contribution < -0.4 is 9.64 Å². The molecule has 0 saturated heterocycles. The van der Waals surface area contributed by atoms with E-state index in [0.29, 0.717) is 29.2 Å². The molecule has 1 N–H and O–H groups in total. The lowest BCUT2D eigenvalue weighted by atomic mass is 10.2. The van der Waals surface area contributed by atoms with Crippen LogP contribution >= 0.6 is 0 Å². The molecule has 0 aliphatic carbocycles. The first-order valence-corrected chi connectivity index (χ1v) is 6.42. The first-order valence-electron chi connectivity index (χ1n) is 6.42. The average molecular weight is 279 g/mol. The minimum absolute atomic E-state index is 0.411. The minimum atomic E-state index is 0.411. The highest BCUT2D eigenvalue weighted by Crippen LogP contribution is 2.31. The molecule has 2 aromatic heterocycles. The van der Waals surface area contributed by atoms with Crippen LogP contribution in [0.5, 0.6) is 5.88 Å². The van der Waals surface area contributed by atoms with Gasteiger partial charge >= 0.3 is 0 Å². The number of ether oxygens (including phenoxy) is 1. The molecule has 0 radical (unpaired) electrons. The van der Waals surface area contributed by atoms with Crippen LogP contribution in [0.25, 0.3) is 11.0 Å². The molecule has 2 heterocycles. The summed E-state index contributed by atoms with van der Waals surface area (Å²) in [6.07, 6.45) is 5.22. The number of nitrogens with one attached hydrogen (secondary N) is 1. The second-order valence-electron chi connectivity index (χ2n) is 4.51. The Morgan fingerprint density at radius 2 is 2.10 bits per heavy atom. The van der Waals surface area contributed by atoms with Crippen molar-refractivity contribution in [2.24, 2.45) is 0 Å². The summed E-state index contributed by atoms with van der Waals surface area (Å²) in [5, 5.41) is 9.75. The highest BCUT2D eigenvalue weighted by Gasteiger charge is 2.15. The zero-order valence-electron chi connectivity index (χ0n) is 11.4. The number of anilines is 1. The molecular weight excluding hydrogens is 266 g/mol. The number of hydrogen-bond acceptors (Lipinski definition) is 5. The monoisotopic (exact) mass is 279 g/mol. The number of rotatable bonds is 4. The first-order chi connectivity index (χ1) is 10.3. The summed E-state index contributed by atoms with van der Waals surface area (Å²) in [6.45, 7) is 0.411. The Hall–Kier alpha value is -3.07. The number of benzene rings is 1. The van der Waals surface area contributed by atoms with Gasteiger partial charge in [0, 0.05) is 13.2 Å². The van der Waals surface area contributed by atoms with Gasteiger partial charge in [-0.15, -0.1) is 0 Å². The molecule has 3 rings (SSSR count). The second kappa shape index (κ2) is 5.51. The van der Waals surface area contributed by atoms with Gasteiger partial charge in [-0.05, 0) is 5.56 Å². The fraction of sp³-hybridized carbons (Fsp3) is 0.133. The van der Waals surface area contributed by atoms with Crippen LogP contribution in [0.2, 0.25) is 0 Å². The Bertz CT molecular complexity index is 791. The molecule has 6 heteroatoms. The van der Waals surface area contributed by atoms with Crippen molar-refractivity contribution >= 4 is 16.7 Å². The van der Waals surface area contributed by atoms with Gasteiger partial charge in [0.15, 0.2) is 6.19 Å². The maximum Gasteiger partial charge on any atom is 0.228 e. The molecule has 0 unspecified atom stereocenters. The van der Waals surface area contributed by atoms with Gasteiger partial charge in [-0.1, -0.05) is 30.3 Å². The molecule has 3 aromatic rings. The summed E-state index contributed by atoms with van der Waals surface area (Å²) < 4.78 is 5.79. The minimum Gasteiger partial charge on any atom is -0.472 e. The van der Waals surface area contributed by atoms with E-state index in [2.05, 4.69) is 21.1 Å². The number of aromatic nitrogens is 3. The van der Waals surface area contributed by atoms with Gasteiger partial charge in [-0.2, -0.15) is 5.26 Å². The van der Waals surface area contributed by atoms with E-state index >= 15 is 0 Å². The lowest BCUT2D eigenvalue weighted by Crippen LogP contribution is -2.08. The number of aromatic amines is 1. The zero-order valence-corrected chi connectivity index (χ0v) is 11.4. The summed E-state index contributed by atoms with van der Waals surface area (Å²) in [5.41, 5.74) is 2.39. The van der Waals surface area contributed by atoms with E-state index in [0.717, 1.165) is 5.56 Å². The second-order valence-corrected chi connectivity index (χ2v) is 4.51. The molecule has 6 nitrogen and oxygen atoms in total. The largest absolute Gasteiger partial charge is 0.472 e. The van der Waals surface area contributed by atoms with Crippen molar-refractivity contribution in [3.8, 4) is 12.1 Å². The summed E-state index contributed by atoms with van der Waals surface area (Å²) in [5.74, 6) is 0.460. The van der Waals surface area contributed by atoms with Crippen molar-refractivity contribution < 1.29 is 4.74 Å². The van der Waals surface area contributed by atoms with E-state index in [1.165, 1.54) is 11.2 Å². The lowest BCUT2D eigenvalue weighted by molar-refractivity contribution is 0.297. The van der Waals surface area contributed by atoms with Crippen LogP contribution in [0, 0.1) is 11.5 Å². The molecule has 104 valence electrons. The SMILES string of the molecule is CN(C#N)c1c[nH]c2ncnc(OCc3ccccc3)c12. The van der Waals surface area contributed by atoms with Crippen molar-refractivity contribution in [3.05, 3.63) is 48.4 Å². The summed E-state index contributed by atoms with van der Waals surface area (Å²) in [6, 6.07) is 9.84. The topological polar surface area (TPSA) is 77.8 Å². The van der Waals surface area contributed by atoms with Crippen LogP contribution in [0.15, 0.2) is 42.9 Å². The van der Waals surface area contributed by atoms with E-state index < -0.39 is 0 Å². The van der Waals surface area contributed by atoms with E-state index in [-0.39, 0.29) is 0 Å². The molecule has 0 bridgehead atoms. The Morgan fingerprint density at radius 1 is 1.29 bits per heavy atom. The predicted molar refractivity (Wildman–Crippen MR) is 78.7 cm³/mol. The van der Waals surface area contributed by atoms with Gasteiger partial charge in [0.05, 0.1) is 5.69 Å². The number of H-pyrrole nitrogens is 1. The number of nitriles is 1. The number of hydrogen-bond donors (Lipinski definition) is 1. The van der Waals surface area contributed by atoms with Crippen LogP contribution in [0.3, 0.4) is 0 Å². The molecule has 1 aromatic carbocycles. The van der Waals surface area contributed by atoms with Crippen molar-refractivity contribution in [3.63, 3.8) is 0 Å². The molecule has 21 heavy (non-hydrogen) atoms. The highest BCUT2D eigenvalue weighted by molar-refractivity contribution is 5.95. The quantitative estimate of drug-likeness (QED) is 0.586. The average Bonchev–Trinajstić information content (AvgIpc) is 2.98. The van der Waals surface area contributed by atoms with E-state index in [4.69, 9.17) is 10.00 Å². The smallest absolute Gasteiger partial charge is 0.228 e. The van der Waals surface area contributed by atoms with Gasteiger partial charge in [-0.25, -0.2) is 9.97 Å². The summed E-state index contributed by atoms with van der Waals surface area (Å²) >= 11 is 0. The standard InChI is InChI=1S/C15H13N5O/c1-20(9-16)12-7-17-14-13(12)15(19-10-18-14)21-8-11-5-3-2-4-6-11/h2-7,10H,8H2,1H3,(H,17,18,19). The van der Waals surface area contributed by atoms with Gasteiger partial charge in [0.1, 0.15) is 24.0 Å². The van der Waals surface area contributed by atoms with Crippen LogP contribution in [-0.2, 0) is 6.61 Å². The Balaban J connectivity index is 1.95. The van der Waals surface area contributed by atoms with Crippen LogP contribution in [0.1, 0.15) is 5.56 Å². The molecule has 0 atom stereocenters. The molecule has 0 fully saturated rings. The molecule has 0 saturated carbocycles. The van der Waals surface area contributed by atoms with Gasteiger partial charge in [0.25, 0.3) is 0 Å². The fourth-order valence-electron chi connectivity index (χ4n) is 2.07. The maximum atomic E-state index is 9.05. The van der Waals surface area contributed by atoms with E-state index in [9.17, 15) is 0 Å². The van der Waals surface area contributed by atoms with Gasteiger partial charge in [0.2, 0.25) is 5.88 Å². The Labute approximate surface area is 121 Å².